The lowest BCUT2D eigenvalue weighted by Gasteiger charge is -2.01. The van der Waals surface area contributed by atoms with E-state index in [0.29, 0.717) is 0 Å². The smallest absolute Gasteiger partial charge is 0.331 e. The average Bonchev–Trinajstić information content (AvgIpc) is 2.12. The molecule has 0 aromatic carbocycles. The van der Waals surface area contributed by atoms with E-state index in [0.717, 1.165) is 12.2 Å². The molecule has 0 aliphatic carbocycles. The molecule has 1 rings (SSSR count). The Hall–Kier alpha value is -0.840. The fourth-order valence-corrected chi connectivity index (χ4v) is 0.651. The van der Waals surface area contributed by atoms with Gasteiger partial charge in [0.15, 0.2) is 12.2 Å². The van der Waals surface area contributed by atoms with E-state index >= 15 is 0 Å². The van der Waals surface area contributed by atoms with E-state index in [1.54, 1.807) is 0 Å². The van der Waals surface area contributed by atoms with Gasteiger partial charge in [0.25, 0.3) is 0 Å². The molecule has 0 spiro atoms. The first-order valence-corrected chi connectivity index (χ1v) is 2.59. The Morgan fingerprint density at radius 1 is 1.88 bits per heavy atom. The second kappa shape index (κ2) is 1.95. The van der Waals surface area contributed by atoms with Crippen LogP contribution in [-0.2, 0) is 4.18 Å². The maximum absolute atomic E-state index is 10.2. The fourth-order valence-electron chi connectivity index (χ4n) is 0.286. The molecule has 0 unspecified atom stereocenters. The highest BCUT2D eigenvalue weighted by atomic mass is 32.2. The number of carbonyl (C=O) groups is 1. The van der Waals surface area contributed by atoms with Crippen molar-refractivity contribution in [3.05, 3.63) is 12.5 Å². The monoisotopic (exact) mass is 132 g/mol. The molecule has 0 saturated heterocycles. The van der Waals surface area contributed by atoms with Gasteiger partial charge >= 0.3 is 6.03 Å². The molecule has 1 aliphatic heterocycles. The van der Waals surface area contributed by atoms with Crippen molar-refractivity contribution in [1.29, 1.82) is 0 Å². The molecule has 0 aromatic heterocycles. The van der Waals surface area contributed by atoms with Crippen molar-refractivity contribution in [2.45, 2.75) is 0 Å². The van der Waals surface area contributed by atoms with E-state index in [2.05, 4.69) is 4.18 Å². The molecule has 44 valence electrons. The van der Waals surface area contributed by atoms with Gasteiger partial charge in [-0.15, -0.1) is 0 Å². The van der Waals surface area contributed by atoms with Gasteiger partial charge in [-0.05, 0) is 0 Å². The third kappa shape index (κ3) is 0.865. The van der Waals surface area contributed by atoms with Crippen LogP contribution < -0.4 is 5.73 Å². The van der Waals surface area contributed by atoms with Crippen molar-refractivity contribution in [1.82, 2.24) is 4.31 Å². The second-order valence-corrected chi connectivity index (χ2v) is 1.85. The molecule has 2 amide bonds. The zero-order chi connectivity index (χ0) is 5.98. The zero-order valence-electron chi connectivity index (χ0n) is 3.90. The topological polar surface area (TPSA) is 55.6 Å². The number of nitrogens with two attached hydrogens (primary N) is 1. The normalized spacial score (nSPS) is 16.2. The first-order valence-electron chi connectivity index (χ1n) is 1.89. The SMILES string of the molecule is NC(=O)N1C=COS1. The Balaban J connectivity index is 2.48. The van der Waals surface area contributed by atoms with Crippen LogP contribution in [0.3, 0.4) is 0 Å². The number of primary amides is 1. The number of amides is 2. The van der Waals surface area contributed by atoms with Crippen LogP contribution in [0.25, 0.3) is 0 Å². The Morgan fingerprint density at radius 2 is 2.62 bits per heavy atom. The van der Waals surface area contributed by atoms with Gasteiger partial charge < -0.3 is 9.92 Å². The van der Waals surface area contributed by atoms with Gasteiger partial charge in [0.1, 0.15) is 6.26 Å². The number of nitrogens with zero attached hydrogens (tertiary/aromatic N) is 1. The quantitative estimate of drug-likeness (QED) is 0.384. The van der Waals surface area contributed by atoms with Gasteiger partial charge in [-0.25, -0.2) is 9.10 Å². The largest absolute Gasteiger partial charge is 0.411 e. The minimum atomic E-state index is -0.524. The van der Waals surface area contributed by atoms with E-state index in [1.807, 2.05) is 0 Å². The van der Waals surface area contributed by atoms with Crippen LogP contribution in [0.2, 0.25) is 0 Å². The number of rotatable bonds is 0. The second-order valence-electron chi connectivity index (χ2n) is 1.12. The summed E-state index contributed by atoms with van der Waals surface area (Å²) in [5.74, 6) is 0. The molecule has 4 nitrogen and oxygen atoms in total. The van der Waals surface area contributed by atoms with Crippen molar-refractivity contribution in [2.75, 3.05) is 0 Å². The molecule has 0 radical (unpaired) electrons. The summed E-state index contributed by atoms with van der Waals surface area (Å²) in [7, 11) is 0. The minimum Gasteiger partial charge on any atom is -0.411 e. The summed E-state index contributed by atoms with van der Waals surface area (Å²) in [6.45, 7) is 0. The number of hydrogen-bond acceptors (Lipinski definition) is 3. The lowest BCUT2D eigenvalue weighted by molar-refractivity contribution is 0.242. The summed E-state index contributed by atoms with van der Waals surface area (Å²) < 4.78 is 5.76. The third-order valence-electron chi connectivity index (χ3n) is 0.592. The van der Waals surface area contributed by atoms with Gasteiger partial charge in [0.2, 0.25) is 0 Å². The van der Waals surface area contributed by atoms with E-state index in [9.17, 15) is 4.79 Å². The minimum absolute atomic E-state index is 0.524. The lowest BCUT2D eigenvalue weighted by atomic mass is 10.9. The van der Waals surface area contributed by atoms with Crippen LogP contribution in [0.4, 0.5) is 4.79 Å². The molecule has 1 aliphatic rings. The first-order chi connectivity index (χ1) is 3.80. The van der Waals surface area contributed by atoms with Gasteiger partial charge in [-0.1, -0.05) is 0 Å². The standard InChI is InChI=1S/C3H4N2O2S/c4-3(6)5-1-2-7-8-5/h1-2H,(H2,4,6). The van der Waals surface area contributed by atoms with E-state index in [1.165, 1.54) is 16.8 Å². The molecule has 0 atom stereocenters. The Kier molecular flexibility index (Phi) is 1.29. The van der Waals surface area contributed by atoms with Crippen molar-refractivity contribution in [3.63, 3.8) is 0 Å². The number of urea groups is 1. The van der Waals surface area contributed by atoms with Crippen LogP contribution in [-0.4, -0.2) is 10.3 Å². The Morgan fingerprint density at radius 3 is 2.88 bits per heavy atom. The molecular formula is C3H4N2O2S. The van der Waals surface area contributed by atoms with Crippen LogP contribution in [0.1, 0.15) is 0 Å². The highest BCUT2D eigenvalue weighted by Gasteiger charge is 2.11. The van der Waals surface area contributed by atoms with Crippen molar-refractivity contribution < 1.29 is 8.98 Å². The summed E-state index contributed by atoms with van der Waals surface area (Å²) in [5, 5.41) is 0. The van der Waals surface area contributed by atoms with Crippen LogP contribution >= 0.6 is 12.2 Å². The zero-order valence-corrected chi connectivity index (χ0v) is 4.72. The average molecular weight is 132 g/mol. The van der Waals surface area contributed by atoms with Gasteiger partial charge in [-0.3, -0.25) is 0 Å². The summed E-state index contributed by atoms with van der Waals surface area (Å²) in [5.41, 5.74) is 4.83. The van der Waals surface area contributed by atoms with E-state index in [4.69, 9.17) is 5.73 Å². The molecule has 0 bridgehead atoms. The fraction of sp³-hybridized carbons (Fsp3) is 0. The van der Waals surface area contributed by atoms with Gasteiger partial charge in [-0.2, -0.15) is 0 Å². The Labute approximate surface area is 50.6 Å². The summed E-state index contributed by atoms with van der Waals surface area (Å²) in [6, 6.07) is -0.524. The molecule has 5 heteroatoms. The van der Waals surface area contributed by atoms with Crippen LogP contribution in [0.5, 0.6) is 0 Å². The molecule has 0 saturated carbocycles. The first kappa shape index (κ1) is 5.30. The molecule has 0 fully saturated rings. The van der Waals surface area contributed by atoms with Crippen LogP contribution in [0, 0.1) is 0 Å². The molecule has 2 N–H and O–H groups in total. The highest BCUT2D eigenvalue weighted by Crippen LogP contribution is 2.17. The summed E-state index contributed by atoms with van der Waals surface area (Å²) in [4.78, 5) is 10.2. The van der Waals surface area contributed by atoms with Gasteiger partial charge in [0, 0.05) is 0 Å². The lowest BCUT2D eigenvalue weighted by Crippen LogP contribution is -2.23. The summed E-state index contributed by atoms with van der Waals surface area (Å²) in [6.07, 6.45) is 2.84. The van der Waals surface area contributed by atoms with E-state index in [-0.39, 0.29) is 0 Å². The predicted octanol–water partition coefficient (Wildman–Crippen LogP) is 0.432. The third-order valence-corrected chi connectivity index (χ3v) is 1.25. The molecule has 1 heterocycles. The highest BCUT2D eigenvalue weighted by molar-refractivity contribution is 7.93. The predicted molar refractivity (Wildman–Crippen MR) is 29.2 cm³/mol. The van der Waals surface area contributed by atoms with E-state index < -0.39 is 6.03 Å². The van der Waals surface area contributed by atoms with Crippen molar-refractivity contribution in [3.8, 4) is 0 Å². The van der Waals surface area contributed by atoms with Crippen LogP contribution in [0.15, 0.2) is 12.5 Å². The Bertz CT molecular complexity index is 135. The molecular weight excluding hydrogens is 128 g/mol. The maximum Gasteiger partial charge on any atom is 0.331 e. The number of carbonyl (C=O) groups excluding carboxylic acids is 1. The number of hydrogen-bond donors (Lipinski definition) is 1. The van der Waals surface area contributed by atoms with Crippen molar-refractivity contribution >= 4 is 18.3 Å². The summed E-state index contributed by atoms with van der Waals surface area (Å²) >= 11 is 0.898. The maximum atomic E-state index is 10.2. The van der Waals surface area contributed by atoms with Gasteiger partial charge in [0.05, 0.1) is 6.20 Å². The molecule has 0 aromatic rings. The van der Waals surface area contributed by atoms with Crippen molar-refractivity contribution in [2.24, 2.45) is 5.73 Å². The molecule has 8 heavy (non-hydrogen) atoms.